The van der Waals surface area contributed by atoms with Gasteiger partial charge in [0.2, 0.25) is 0 Å². The van der Waals surface area contributed by atoms with E-state index in [0.717, 1.165) is 0 Å². The molecule has 1 unspecified atom stereocenters. The Labute approximate surface area is 101 Å². The molecule has 0 aliphatic heterocycles. The molecule has 0 aliphatic rings. The van der Waals surface area contributed by atoms with Crippen LogP contribution < -0.4 is 10.1 Å². The summed E-state index contributed by atoms with van der Waals surface area (Å²) >= 11 is 6.09. The fraction of sp³-hybridized carbons (Fsp3) is 0.417. The second kappa shape index (κ2) is 5.74. The zero-order valence-corrected chi connectivity index (χ0v) is 10.4. The molecule has 0 spiro atoms. The van der Waals surface area contributed by atoms with Gasteiger partial charge in [0.05, 0.1) is 18.2 Å². The molecular formula is C12H15ClN2O. The summed E-state index contributed by atoms with van der Waals surface area (Å²) in [6, 6.07) is 7.29. The number of rotatable bonds is 4. The van der Waals surface area contributed by atoms with Crippen LogP contribution in [0.1, 0.15) is 25.5 Å². The van der Waals surface area contributed by atoms with E-state index in [-0.39, 0.29) is 6.04 Å². The number of hydrogen-bond acceptors (Lipinski definition) is 3. The minimum absolute atomic E-state index is 0.200. The summed E-state index contributed by atoms with van der Waals surface area (Å²) in [5, 5.41) is 12.8. The van der Waals surface area contributed by atoms with Crippen molar-refractivity contribution < 1.29 is 4.74 Å². The van der Waals surface area contributed by atoms with Crippen LogP contribution in [0.5, 0.6) is 5.75 Å². The zero-order chi connectivity index (χ0) is 12.1. The highest BCUT2D eigenvalue weighted by atomic mass is 35.5. The van der Waals surface area contributed by atoms with Gasteiger partial charge in [-0.25, -0.2) is 0 Å². The molecule has 86 valence electrons. The maximum absolute atomic E-state index is 9.15. The van der Waals surface area contributed by atoms with Gasteiger partial charge < -0.3 is 4.74 Å². The maximum Gasteiger partial charge on any atom is 0.126 e. The van der Waals surface area contributed by atoms with Gasteiger partial charge in [0.1, 0.15) is 11.8 Å². The molecule has 0 aromatic heterocycles. The van der Waals surface area contributed by atoms with Crippen LogP contribution in [-0.2, 0) is 0 Å². The van der Waals surface area contributed by atoms with Crippen LogP contribution in [-0.4, -0.2) is 13.2 Å². The molecule has 1 aromatic carbocycles. The Hall–Kier alpha value is -1.24. The molecule has 0 saturated carbocycles. The van der Waals surface area contributed by atoms with Crippen molar-refractivity contribution >= 4 is 11.6 Å². The lowest BCUT2D eigenvalue weighted by atomic mass is 10.1. The molecule has 0 amide bonds. The Bertz CT molecular complexity index is 398. The van der Waals surface area contributed by atoms with Gasteiger partial charge in [-0.05, 0) is 26.0 Å². The number of hydrogen-bond donors (Lipinski definition) is 1. The van der Waals surface area contributed by atoms with Crippen LogP contribution in [0.2, 0.25) is 5.02 Å². The molecule has 16 heavy (non-hydrogen) atoms. The van der Waals surface area contributed by atoms with Gasteiger partial charge in [0.25, 0.3) is 0 Å². The van der Waals surface area contributed by atoms with E-state index in [1.165, 1.54) is 0 Å². The molecule has 0 aliphatic carbocycles. The van der Waals surface area contributed by atoms with E-state index in [9.17, 15) is 0 Å². The number of methoxy groups -OCH3 is 1. The van der Waals surface area contributed by atoms with E-state index in [1.54, 1.807) is 25.3 Å². The summed E-state index contributed by atoms with van der Waals surface area (Å²) in [5.41, 5.74) is 0.697. The number of nitrogens with zero attached hydrogens (tertiary/aromatic N) is 1. The zero-order valence-electron chi connectivity index (χ0n) is 9.62. The predicted molar refractivity (Wildman–Crippen MR) is 64.6 cm³/mol. The van der Waals surface area contributed by atoms with Crippen molar-refractivity contribution in [3.8, 4) is 11.8 Å². The molecule has 1 aromatic rings. The number of nitrogens with one attached hydrogen (secondary N) is 1. The summed E-state index contributed by atoms with van der Waals surface area (Å²) in [4.78, 5) is 0. The molecule has 4 heteroatoms. The molecule has 1 N–H and O–H groups in total. The van der Waals surface area contributed by atoms with Crippen LogP contribution in [0.4, 0.5) is 0 Å². The third kappa shape index (κ3) is 2.88. The Morgan fingerprint density at radius 3 is 2.62 bits per heavy atom. The number of nitriles is 1. The summed E-state index contributed by atoms with van der Waals surface area (Å²) in [7, 11) is 1.57. The maximum atomic E-state index is 9.15. The van der Waals surface area contributed by atoms with Crippen LogP contribution in [0.15, 0.2) is 18.2 Å². The topological polar surface area (TPSA) is 45.0 Å². The summed E-state index contributed by atoms with van der Waals surface area (Å²) in [6.07, 6.45) is 0. The standard InChI is InChI=1S/C12H15ClN2O/c1-8(2)15-10(7-14)12-9(13)5-4-6-11(12)16-3/h4-6,8,10,15H,1-3H3. The normalized spacial score (nSPS) is 12.2. The summed E-state index contributed by atoms with van der Waals surface area (Å²) in [6.45, 7) is 3.96. The van der Waals surface area contributed by atoms with Crippen LogP contribution in [0.25, 0.3) is 0 Å². The first kappa shape index (κ1) is 12.8. The monoisotopic (exact) mass is 238 g/mol. The predicted octanol–water partition coefficient (Wildman–Crippen LogP) is 2.91. The molecule has 0 fully saturated rings. The van der Waals surface area contributed by atoms with Gasteiger partial charge in [-0.15, -0.1) is 0 Å². The third-order valence-corrected chi connectivity index (χ3v) is 2.48. The van der Waals surface area contributed by atoms with E-state index in [2.05, 4.69) is 11.4 Å². The molecule has 0 heterocycles. The highest BCUT2D eigenvalue weighted by Gasteiger charge is 2.19. The molecule has 1 rings (SSSR count). The van der Waals surface area contributed by atoms with Crippen LogP contribution in [0.3, 0.4) is 0 Å². The van der Waals surface area contributed by atoms with Crippen molar-refractivity contribution in [3.63, 3.8) is 0 Å². The van der Waals surface area contributed by atoms with Gasteiger partial charge in [-0.2, -0.15) is 5.26 Å². The lowest BCUT2D eigenvalue weighted by Gasteiger charge is -2.18. The number of ether oxygens (including phenoxy) is 1. The Kier molecular flexibility index (Phi) is 4.60. The molecule has 3 nitrogen and oxygen atoms in total. The average molecular weight is 239 g/mol. The smallest absolute Gasteiger partial charge is 0.126 e. The minimum atomic E-state index is -0.455. The number of benzene rings is 1. The van der Waals surface area contributed by atoms with Crippen molar-refractivity contribution in [2.24, 2.45) is 0 Å². The first-order chi connectivity index (χ1) is 7.60. The van der Waals surface area contributed by atoms with Crippen LogP contribution in [0, 0.1) is 11.3 Å². The lowest BCUT2D eigenvalue weighted by Crippen LogP contribution is -2.27. The van der Waals surface area contributed by atoms with Gasteiger partial charge >= 0.3 is 0 Å². The summed E-state index contributed by atoms with van der Waals surface area (Å²) in [5.74, 6) is 0.632. The molecule has 0 bridgehead atoms. The largest absolute Gasteiger partial charge is 0.496 e. The Balaban J connectivity index is 3.14. The van der Waals surface area contributed by atoms with Gasteiger partial charge in [-0.1, -0.05) is 17.7 Å². The summed E-state index contributed by atoms with van der Waals surface area (Å²) < 4.78 is 5.21. The minimum Gasteiger partial charge on any atom is -0.496 e. The highest BCUT2D eigenvalue weighted by Crippen LogP contribution is 2.31. The van der Waals surface area contributed by atoms with Gasteiger partial charge in [0.15, 0.2) is 0 Å². The molecule has 1 atom stereocenters. The average Bonchev–Trinajstić information content (AvgIpc) is 2.25. The second-order valence-electron chi connectivity index (χ2n) is 3.74. The lowest BCUT2D eigenvalue weighted by molar-refractivity contribution is 0.403. The van der Waals surface area contributed by atoms with Crippen molar-refractivity contribution in [1.82, 2.24) is 5.32 Å². The van der Waals surface area contributed by atoms with Crippen molar-refractivity contribution in [3.05, 3.63) is 28.8 Å². The fourth-order valence-corrected chi connectivity index (χ4v) is 1.77. The van der Waals surface area contributed by atoms with E-state index in [1.807, 2.05) is 13.8 Å². The van der Waals surface area contributed by atoms with Gasteiger partial charge in [-0.3, -0.25) is 5.32 Å². The second-order valence-corrected chi connectivity index (χ2v) is 4.15. The molecule has 0 radical (unpaired) electrons. The van der Waals surface area contributed by atoms with E-state index < -0.39 is 6.04 Å². The fourth-order valence-electron chi connectivity index (χ4n) is 1.49. The van der Waals surface area contributed by atoms with Gasteiger partial charge in [0, 0.05) is 11.6 Å². The van der Waals surface area contributed by atoms with Crippen molar-refractivity contribution in [1.29, 1.82) is 5.26 Å². The first-order valence-electron chi connectivity index (χ1n) is 5.08. The molecular weight excluding hydrogens is 224 g/mol. The SMILES string of the molecule is COc1cccc(Cl)c1C(C#N)NC(C)C. The van der Waals surface area contributed by atoms with E-state index in [0.29, 0.717) is 16.3 Å². The Morgan fingerprint density at radius 1 is 1.44 bits per heavy atom. The van der Waals surface area contributed by atoms with E-state index >= 15 is 0 Å². The highest BCUT2D eigenvalue weighted by molar-refractivity contribution is 6.31. The van der Waals surface area contributed by atoms with Crippen molar-refractivity contribution in [2.45, 2.75) is 25.9 Å². The third-order valence-electron chi connectivity index (χ3n) is 2.15. The first-order valence-corrected chi connectivity index (χ1v) is 5.46. The number of halogens is 1. The van der Waals surface area contributed by atoms with Crippen molar-refractivity contribution in [2.75, 3.05) is 7.11 Å². The quantitative estimate of drug-likeness (QED) is 0.877. The Morgan fingerprint density at radius 2 is 2.12 bits per heavy atom. The molecule has 0 saturated heterocycles. The van der Waals surface area contributed by atoms with E-state index in [4.69, 9.17) is 21.6 Å². The van der Waals surface area contributed by atoms with Crippen LogP contribution >= 0.6 is 11.6 Å².